The first kappa shape index (κ1) is 19.5. The van der Waals surface area contributed by atoms with Crippen LogP contribution < -0.4 is 5.32 Å². The number of nitrogens with zero attached hydrogens (tertiary/aromatic N) is 3. The van der Waals surface area contributed by atoms with Gasteiger partial charge in [0.15, 0.2) is 5.65 Å². The van der Waals surface area contributed by atoms with Gasteiger partial charge in [0, 0.05) is 12.6 Å². The number of amides is 1. The van der Waals surface area contributed by atoms with E-state index in [1.807, 2.05) is 51.1 Å². The van der Waals surface area contributed by atoms with Gasteiger partial charge in [0.05, 0.1) is 22.3 Å². The molecule has 146 valence electrons. The van der Waals surface area contributed by atoms with Crippen LogP contribution in [0.25, 0.3) is 22.3 Å². The van der Waals surface area contributed by atoms with E-state index in [-0.39, 0.29) is 5.92 Å². The second kappa shape index (κ2) is 7.80. The molecule has 28 heavy (non-hydrogen) atoms. The van der Waals surface area contributed by atoms with Gasteiger partial charge in [-0.1, -0.05) is 44.2 Å². The van der Waals surface area contributed by atoms with Crippen LogP contribution in [0.4, 0.5) is 0 Å². The van der Waals surface area contributed by atoms with E-state index in [4.69, 9.17) is 0 Å². The normalized spacial score (nSPS) is 12.3. The summed E-state index contributed by atoms with van der Waals surface area (Å²) in [6, 6.07) is 10.3. The first-order valence-electron chi connectivity index (χ1n) is 9.21. The van der Waals surface area contributed by atoms with Crippen molar-refractivity contribution in [1.29, 1.82) is 0 Å². The van der Waals surface area contributed by atoms with Crippen molar-refractivity contribution in [2.75, 3.05) is 0 Å². The molecule has 7 heteroatoms. The van der Waals surface area contributed by atoms with Crippen LogP contribution in [-0.2, 0) is 11.8 Å². The highest BCUT2D eigenvalue weighted by Crippen LogP contribution is 2.27. The molecule has 0 aliphatic carbocycles. The smallest absolute Gasteiger partial charge is 0.326 e. The van der Waals surface area contributed by atoms with Gasteiger partial charge >= 0.3 is 5.97 Å². The van der Waals surface area contributed by atoms with E-state index in [1.165, 1.54) is 0 Å². The summed E-state index contributed by atoms with van der Waals surface area (Å²) in [5.41, 5.74) is 3.14. The monoisotopic (exact) mass is 380 g/mol. The lowest BCUT2D eigenvalue weighted by Crippen LogP contribution is -2.41. The van der Waals surface area contributed by atoms with Crippen molar-refractivity contribution in [1.82, 2.24) is 20.1 Å². The number of pyridine rings is 1. The number of carbonyl (C=O) groups is 2. The van der Waals surface area contributed by atoms with E-state index in [9.17, 15) is 14.7 Å². The number of carboxylic acid groups (broad SMARTS) is 1. The van der Waals surface area contributed by atoms with Crippen molar-refractivity contribution in [3.05, 3.63) is 47.7 Å². The highest BCUT2D eigenvalue weighted by Gasteiger charge is 2.25. The molecular formula is C21H24N4O3. The van der Waals surface area contributed by atoms with E-state index >= 15 is 0 Å². The maximum absolute atomic E-state index is 13.1. The highest BCUT2D eigenvalue weighted by atomic mass is 16.4. The summed E-state index contributed by atoms with van der Waals surface area (Å²) < 4.78 is 1.64. The molecule has 0 radical (unpaired) electrons. The summed E-state index contributed by atoms with van der Waals surface area (Å²) >= 11 is 0. The Bertz CT molecular complexity index is 1030. The van der Waals surface area contributed by atoms with Gasteiger partial charge in [0.1, 0.15) is 6.04 Å². The molecule has 7 nitrogen and oxygen atoms in total. The number of hydrogen-bond donors (Lipinski definition) is 2. The van der Waals surface area contributed by atoms with E-state index in [2.05, 4.69) is 15.4 Å². The summed E-state index contributed by atoms with van der Waals surface area (Å²) in [6.45, 7) is 5.66. The van der Waals surface area contributed by atoms with Gasteiger partial charge in [-0.2, -0.15) is 5.10 Å². The third-order valence-corrected chi connectivity index (χ3v) is 4.59. The predicted octanol–water partition coefficient (Wildman–Crippen LogP) is 3.17. The lowest BCUT2D eigenvalue weighted by atomic mass is 10.0. The fourth-order valence-electron chi connectivity index (χ4n) is 3.31. The van der Waals surface area contributed by atoms with E-state index in [0.29, 0.717) is 34.4 Å². The molecule has 3 rings (SSSR count). The topological polar surface area (TPSA) is 97.1 Å². The number of nitrogens with one attached hydrogen (secondary N) is 1. The van der Waals surface area contributed by atoms with E-state index in [1.54, 1.807) is 17.8 Å². The molecule has 1 aromatic carbocycles. The fourth-order valence-corrected chi connectivity index (χ4v) is 3.31. The van der Waals surface area contributed by atoms with Gasteiger partial charge in [-0.3, -0.25) is 9.48 Å². The van der Waals surface area contributed by atoms with E-state index in [0.717, 1.165) is 5.56 Å². The van der Waals surface area contributed by atoms with Crippen LogP contribution in [0, 0.1) is 12.8 Å². The number of benzene rings is 1. The molecule has 2 N–H and O–H groups in total. The zero-order valence-electron chi connectivity index (χ0n) is 16.4. The molecular weight excluding hydrogens is 356 g/mol. The lowest BCUT2D eigenvalue weighted by molar-refractivity contribution is -0.139. The second-order valence-corrected chi connectivity index (χ2v) is 7.32. The Morgan fingerprint density at radius 1 is 1.21 bits per heavy atom. The number of carbonyl (C=O) groups excluding carboxylic acids is 1. The van der Waals surface area contributed by atoms with Crippen LogP contribution in [0.3, 0.4) is 0 Å². The number of rotatable bonds is 6. The Morgan fingerprint density at radius 2 is 1.89 bits per heavy atom. The van der Waals surface area contributed by atoms with Gasteiger partial charge in [0.2, 0.25) is 0 Å². The van der Waals surface area contributed by atoms with Crippen molar-refractivity contribution >= 4 is 22.9 Å². The molecule has 1 amide bonds. The van der Waals surface area contributed by atoms with Gasteiger partial charge in [0.25, 0.3) is 5.91 Å². The average molecular weight is 380 g/mol. The largest absolute Gasteiger partial charge is 0.480 e. The molecule has 0 spiro atoms. The number of carboxylic acids is 1. The van der Waals surface area contributed by atoms with Gasteiger partial charge in [-0.25, -0.2) is 9.78 Å². The molecule has 3 aromatic rings. The number of aliphatic carboxylic acids is 1. The minimum Gasteiger partial charge on any atom is -0.480 e. The van der Waals surface area contributed by atoms with Crippen molar-refractivity contribution in [2.45, 2.75) is 33.2 Å². The maximum atomic E-state index is 13.1. The van der Waals surface area contributed by atoms with Gasteiger partial charge < -0.3 is 10.4 Å². The third-order valence-electron chi connectivity index (χ3n) is 4.59. The quantitative estimate of drug-likeness (QED) is 0.685. The lowest BCUT2D eigenvalue weighted by Gasteiger charge is -2.17. The molecule has 2 heterocycles. The molecule has 0 bridgehead atoms. The molecule has 0 saturated carbocycles. The number of aryl methyl sites for hydroxylation is 2. The molecule has 2 aromatic heterocycles. The van der Waals surface area contributed by atoms with Crippen LogP contribution in [0.2, 0.25) is 0 Å². The van der Waals surface area contributed by atoms with Crippen LogP contribution in [0.5, 0.6) is 0 Å². The van der Waals surface area contributed by atoms with Crippen LogP contribution >= 0.6 is 0 Å². The van der Waals surface area contributed by atoms with Crippen LogP contribution in [-0.4, -0.2) is 37.8 Å². The highest BCUT2D eigenvalue weighted by molar-refractivity contribution is 6.08. The first-order chi connectivity index (χ1) is 13.3. The Hall–Kier alpha value is -3.22. The first-order valence-corrected chi connectivity index (χ1v) is 9.21. The van der Waals surface area contributed by atoms with Crippen molar-refractivity contribution in [2.24, 2.45) is 13.0 Å². The van der Waals surface area contributed by atoms with Crippen LogP contribution in [0.1, 0.15) is 36.3 Å². The number of aromatic nitrogens is 3. The number of hydrogen-bond acceptors (Lipinski definition) is 4. The van der Waals surface area contributed by atoms with E-state index < -0.39 is 17.9 Å². The molecule has 0 aliphatic heterocycles. The molecule has 1 atom stereocenters. The molecule has 0 aliphatic rings. The molecule has 0 fully saturated rings. The standard InChI is InChI=1S/C21H24N4O3/c1-12(2)10-17(21(27)28)23-20(26)15-11-16(14-8-6-5-7-9-14)22-19-18(15)13(3)24-25(19)4/h5-9,11-12,17H,10H2,1-4H3,(H,23,26)(H,27,28)/t17-/m0/s1. The van der Waals surface area contributed by atoms with Gasteiger partial charge in [-0.15, -0.1) is 0 Å². The predicted molar refractivity (Wildman–Crippen MR) is 107 cm³/mol. The minimum atomic E-state index is -1.04. The maximum Gasteiger partial charge on any atom is 0.326 e. The van der Waals surface area contributed by atoms with Crippen LogP contribution in [0.15, 0.2) is 36.4 Å². The van der Waals surface area contributed by atoms with Crippen molar-refractivity contribution < 1.29 is 14.7 Å². The summed E-state index contributed by atoms with van der Waals surface area (Å²) in [6.07, 6.45) is 0.354. The fraction of sp³-hybridized carbons (Fsp3) is 0.333. The molecule has 0 saturated heterocycles. The Kier molecular flexibility index (Phi) is 5.44. The Labute approximate surface area is 163 Å². The zero-order chi connectivity index (χ0) is 20.4. The Balaban J connectivity index is 2.10. The summed E-state index contributed by atoms with van der Waals surface area (Å²) in [7, 11) is 1.78. The van der Waals surface area contributed by atoms with Crippen molar-refractivity contribution in [3.63, 3.8) is 0 Å². The van der Waals surface area contributed by atoms with Crippen molar-refractivity contribution in [3.8, 4) is 11.3 Å². The second-order valence-electron chi connectivity index (χ2n) is 7.32. The summed E-state index contributed by atoms with van der Waals surface area (Å²) in [5, 5.41) is 17.2. The summed E-state index contributed by atoms with van der Waals surface area (Å²) in [4.78, 5) is 29.3. The minimum absolute atomic E-state index is 0.138. The summed E-state index contributed by atoms with van der Waals surface area (Å²) in [5.74, 6) is -1.34. The average Bonchev–Trinajstić information content (AvgIpc) is 2.94. The van der Waals surface area contributed by atoms with Gasteiger partial charge in [-0.05, 0) is 25.3 Å². The number of fused-ring (bicyclic) bond motifs is 1. The molecule has 0 unspecified atom stereocenters. The SMILES string of the molecule is Cc1nn(C)c2nc(-c3ccccc3)cc(C(=O)N[C@@H](CC(C)C)C(=O)O)c12. The Morgan fingerprint density at radius 3 is 2.50 bits per heavy atom. The zero-order valence-corrected chi connectivity index (χ0v) is 16.4. The third kappa shape index (κ3) is 3.88.